The molecule has 1 aliphatic rings. The van der Waals surface area contributed by atoms with Gasteiger partial charge in [0, 0.05) is 18.6 Å². The highest BCUT2D eigenvalue weighted by Crippen LogP contribution is 2.31. The smallest absolute Gasteiger partial charge is 0.0606 e. The van der Waals surface area contributed by atoms with E-state index in [-0.39, 0.29) is 12.6 Å². The molecule has 0 aliphatic heterocycles. The Balaban J connectivity index is 2.11. The third-order valence-electron chi connectivity index (χ3n) is 2.90. The summed E-state index contributed by atoms with van der Waals surface area (Å²) < 4.78 is 0. The lowest BCUT2D eigenvalue weighted by atomic mass is 10.2. The molecular weight excluding hydrogens is 202 g/mol. The van der Waals surface area contributed by atoms with Gasteiger partial charge in [-0.25, -0.2) is 0 Å². The molecule has 0 spiro atoms. The van der Waals surface area contributed by atoms with Gasteiger partial charge in [-0.2, -0.15) is 0 Å². The number of aromatic nitrogens is 1. The first-order chi connectivity index (χ1) is 7.72. The van der Waals surface area contributed by atoms with Crippen molar-refractivity contribution in [2.24, 2.45) is 5.73 Å². The van der Waals surface area contributed by atoms with Crippen molar-refractivity contribution in [3.63, 3.8) is 0 Å². The van der Waals surface area contributed by atoms with Gasteiger partial charge in [0.1, 0.15) is 0 Å². The van der Waals surface area contributed by atoms with Gasteiger partial charge in [-0.05, 0) is 31.9 Å². The van der Waals surface area contributed by atoms with E-state index in [1.165, 1.54) is 12.8 Å². The van der Waals surface area contributed by atoms with Crippen LogP contribution in [0.25, 0.3) is 0 Å². The third kappa shape index (κ3) is 2.51. The Labute approximate surface area is 96.1 Å². The van der Waals surface area contributed by atoms with Gasteiger partial charge in [-0.3, -0.25) is 4.98 Å². The standard InChI is InChI=1S/C12H19N3O/c1-9(13)12-5-4-11(8-14-12)15(6-7-16)10-2-3-10/h4-5,8-10,16H,2-3,6-7,13H2,1H3. The Bertz CT molecular complexity index is 333. The molecule has 4 nitrogen and oxygen atoms in total. The van der Waals surface area contributed by atoms with Crippen molar-refractivity contribution in [3.05, 3.63) is 24.0 Å². The zero-order chi connectivity index (χ0) is 11.5. The summed E-state index contributed by atoms with van der Waals surface area (Å²) in [5.41, 5.74) is 7.74. The van der Waals surface area contributed by atoms with Crippen molar-refractivity contribution in [1.29, 1.82) is 0 Å². The summed E-state index contributed by atoms with van der Waals surface area (Å²) in [6.45, 7) is 2.80. The molecule has 0 amide bonds. The van der Waals surface area contributed by atoms with Crippen molar-refractivity contribution in [1.82, 2.24) is 4.98 Å². The Hall–Kier alpha value is -1.13. The topological polar surface area (TPSA) is 62.4 Å². The van der Waals surface area contributed by atoms with Gasteiger partial charge in [-0.15, -0.1) is 0 Å². The molecule has 1 aromatic rings. The molecule has 1 fully saturated rings. The molecular formula is C12H19N3O. The lowest BCUT2D eigenvalue weighted by Crippen LogP contribution is -2.29. The fourth-order valence-corrected chi connectivity index (χ4v) is 1.85. The fraction of sp³-hybridized carbons (Fsp3) is 0.583. The van der Waals surface area contributed by atoms with E-state index in [0.717, 1.165) is 11.4 Å². The number of aliphatic hydroxyl groups is 1. The zero-order valence-corrected chi connectivity index (χ0v) is 9.63. The normalized spacial score (nSPS) is 17.2. The molecule has 16 heavy (non-hydrogen) atoms. The van der Waals surface area contributed by atoms with Gasteiger partial charge in [-0.1, -0.05) is 0 Å². The molecule has 0 aromatic carbocycles. The fourth-order valence-electron chi connectivity index (χ4n) is 1.85. The SMILES string of the molecule is CC(N)c1ccc(N(CCO)C2CC2)cn1. The Kier molecular flexibility index (Phi) is 3.41. The largest absolute Gasteiger partial charge is 0.395 e. The molecule has 0 saturated heterocycles. The van der Waals surface area contributed by atoms with Crippen LogP contribution in [0.3, 0.4) is 0 Å². The van der Waals surface area contributed by atoms with E-state index >= 15 is 0 Å². The van der Waals surface area contributed by atoms with Gasteiger partial charge in [0.2, 0.25) is 0 Å². The number of nitrogens with two attached hydrogens (primary N) is 1. The summed E-state index contributed by atoms with van der Waals surface area (Å²) in [5.74, 6) is 0. The number of rotatable bonds is 5. The highest BCUT2D eigenvalue weighted by atomic mass is 16.3. The number of hydrogen-bond acceptors (Lipinski definition) is 4. The predicted molar refractivity (Wildman–Crippen MR) is 64.3 cm³/mol. The van der Waals surface area contributed by atoms with Crippen LogP contribution in [-0.4, -0.2) is 29.3 Å². The van der Waals surface area contributed by atoms with Crippen molar-refractivity contribution >= 4 is 5.69 Å². The second-order valence-corrected chi connectivity index (χ2v) is 4.38. The number of hydrogen-bond donors (Lipinski definition) is 2. The Morgan fingerprint density at radius 3 is 2.75 bits per heavy atom. The highest BCUT2D eigenvalue weighted by Gasteiger charge is 2.28. The van der Waals surface area contributed by atoms with Crippen LogP contribution in [0.2, 0.25) is 0 Å². The van der Waals surface area contributed by atoms with Crippen molar-refractivity contribution in [3.8, 4) is 0 Å². The molecule has 0 radical (unpaired) electrons. The minimum absolute atomic E-state index is 0.0266. The summed E-state index contributed by atoms with van der Waals surface area (Å²) in [6, 6.07) is 4.57. The minimum Gasteiger partial charge on any atom is -0.395 e. The van der Waals surface area contributed by atoms with Gasteiger partial charge >= 0.3 is 0 Å². The molecule has 1 saturated carbocycles. The van der Waals surface area contributed by atoms with E-state index in [0.29, 0.717) is 12.6 Å². The summed E-state index contributed by atoms with van der Waals surface area (Å²) in [7, 11) is 0. The molecule has 1 heterocycles. The average Bonchev–Trinajstić information content (AvgIpc) is 3.10. The lowest BCUT2D eigenvalue weighted by molar-refractivity contribution is 0.301. The first kappa shape index (κ1) is 11.4. The maximum Gasteiger partial charge on any atom is 0.0606 e. The van der Waals surface area contributed by atoms with Gasteiger partial charge in [0.05, 0.1) is 24.2 Å². The lowest BCUT2D eigenvalue weighted by Gasteiger charge is -2.23. The first-order valence-corrected chi connectivity index (χ1v) is 5.81. The first-order valence-electron chi connectivity index (χ1n) is 5.81. The van der Waals surface area contributed by atoms with Crippen LogP contribution in [0.4, 0.5) is 5.69 Å². The van der Waals surface area contributed by atoms with E-state index in [4.69, 9.17) is 10.8 Å². The maximum atomic E-state index is 9.04. The van der Waals surface area contributed by atoms with Crippen molar-refractivity contribution < 1.29 is 5.11 Å². The maximum absolute atomic E-state index is 9.04. The quantitative estimate of drug-likeness (QED) is 0.780. The number of aliphatic hydroxyl groups excluding tert-OH is 1. The molecule has 0 bridgehead atoms. The molecule has 1 aliphatic carbocycles. The highest BCUT2D eigenvalue weighted by molar-refractivity contribution is 5.47. The molecule has 1 atom stereocenters. The molecule has 3 N–H and O–H groups in total. The molecule has 2 rings (SSSR count). The average molecular weight is 221 g/mol. The van der Waals surface area contributed by atoms with Crippen LogP contribution in [0.1, 0.15) is 31.5 Å². The Morgan fingerprint density at radius 2 is 2.31 bits per heavy atom. The second-order valence-electron chi connectivity index (χ2n) is 4.38. The monoisotopic (exact) mass is 221 g/mol. The summed E-state index contributed by atoms with van der Waals surface area (Å²) >= 11 is 0. The number of anilines is 1. The predicted octanol–water partition coefficient (Wildman–Crippen LogP) is 1.06. The van der Waals surface area contributed by atoms with Gasteiger partial charge in [0.25, 0.3) is 0 Å². The second kappa shape index (κ2) is 4.80. The van der Waals surface area contributed by atoms with Gasteiger partial charge < -0.3 is 15.7 Å². The van der Waals surface area contributed by atoms with Crippen LogP contribution in [0.5, 0.6) is 0 Å². The van der Waals surface area contributed by atoms with Crippen LogP contribution in [0.15, 0.2) is 18.3 Å². The summed E-state index contributed by atoms with van der Waals surface area (Å²) in [4.78, 5) is 6.56. The number of pyridine rings is 1. The molecule has 1 aromatic heterocycles. The molecule has 1 unspecified atom stereocenters. The van der Waals surface area contributed by atoms with Crippen LogP contribution in [0, 0.1) is 0 Å². The van der Waals surface area contributed by atoms with E-state index in [9.17, 15) is 0 Å². The Morgan fingerprint density at radius 1 is 1.56 bits per heavy atom. The molecule has 4 heteroatoms. The van der Waals surface area contributed by atoms with Crippen molar-refractivity contribution in [2.75, 3.05) is 18.1 Å². The van der Waals surface area contributed by atoms with E-state index in [1.54, 1.807) is 0 Å². The minimum atomic E-state index is -0.0266. The number of nitrogens with zero attached hydrogens (tertiary/aromatic N) is 2. The van der Waals surface area contributed by atoms with Gasteiger partial charge in [0.15, 0.2) is 0 Å². The third-order valence-corrected chi connectivity index (χ3v) is 2.90. The molecule has 88 valence electrons. The van der Waals surface area contributed by atoms with E-state index < -0.39 is 0 Å². The zero-order valence-electron chi connectivity index (χ0n) is 9.63. The van der Waals surface area contributed by atoms with Crippen LogP contribution >= 0.6 is 0 Å². The van der Waals surface area contributed by atoms with Crippen LogP contribution in [-0.2, 0) is 0 Å². The summed E-state index contributed by atoms with van der Waals surface area (Å²) in [5, 5.41) is 9.04. The van der Waals surface area contributed by atoms with Crippen molar-refractivity contribution in [2.45, 2.75) is 31.8 Å². The van der Waals surface area contributed by atoms with Crippen LogP contribution < -0.4 is 10.6 Å². The van der Waals surface area contributed by atoms with E-state index in [1.807, 2.05) is 25.3 Å². The summed E-state index contributed by atoms with van der Waals surface area (Å²) in [6.07, 6.45) is 4.29. The van der Waals surface area contributed by atoms with E-state index in [2.05, 4.69) is 9.88 Å².